The fraction of sp³-hybridized carbons (Fsp3) is 0.333. The second kappa shape index (κ2) is 11.3. The average Bonchev–Trinajstić information content (AvgIpc) is 2.68. The standard InChI is InChI=1S/C11H17NO2.C7H5N3O7/c1-3-14-11-8-9(6-7-12)4-5-10(11)13-2;1-3-4(8(12)13)2-5(9(14)15)7(11)6(3)10(16)17/h4-5,8H,3,6-7,12H2,1-2H3;2,11H,1H3. The van der Waals surface area contributed by atoms with Crippen LogP contribution in [0.3, 0.4) is 0 Å². The van der Waals surface area contributed by atoms with Gasteiger partial charge in [-0.2, -0.15) is 0 Å². The lowest BCUT2D eigenvalue weighted by atomic mass is 10.1. The van der Waals surface area contributed by atoms with E-state index >= 15 is 0 Å². The largest absolute Gasteiger partial charge is 0.497 e. The zero-order valence-electron chi connectivity index (χ0n) is 17.1. The van der Waals surface area contributed by atoms with E-state index in [9.17, 15) is 35.4 Å². The molecule has 0 radical (unpaired) electrons. The third-order valence-electron chi connectivity index (χ3n) is 4.02. The topological polar surface area (TPSA) is 194 Å². The van der Waals surface area contributed by atoms with Gasteiger partial charge in [-0.3, -0.25) is 30.3 Å². The van der Waals surface area contributed by atoms with Crippen LogP contribution in [-0.4, -0.2) is 40.1 Å². The number of nitro groups is 3. The van der Waals surface area contributed by atoms with Crippen LogP contribution in [0.4, 0.5) is 17.1 Å². The molecule has 0 fully saturated rings. The van der Waals surface area contributed by atoms with Crippen LogP contribution < -0.4 is 15.2 Å². The van der Waals surface area contributed by atoms with Gasteiger partial charge in [0.1, 0.15) is 5.56 Å². The summed E-state index contributed by atoms with van der Waals surface area (Å²) in [6.07, 6.45) is 0.865. The van der Waals surface area contributed by atoms with E-state index in [2.05, 4.69) is 0 Å². The number of phenolic OH excluding ortho intramolecular Hbond substituents is 1. The molecule has 13 heteroatoms. The van der Waals surface area contributed by atoms with Crippen molar-refractivity contribution in [2.24, 2.45) is 5.73 Å². The molecule has 0 atom stereocenters. The fourth-order valence-electron chi connectivity index (χ4n) is 2.59. The highest BCUT2D eigenvalue weighted by molar-refractivity contribution is 5.69. The van der Waals surface area contributed by atoms with Crippen LogP contribution in [0.15, 0.2) is 24.3 Å². The molecule has 168 valence electrons. The molecule has 0 amide bonds. The lowest BCUT2D eigenvalue weighted by Crippen LogP contribution is -2.03. The summed E-state index contributed by atoms with van der Waals surface area (Å²) in [5, 5.41) is 40.9. The number of hydrogen-bond acceptors (Lipinski definition) is 10. The molecule has 0 aliphatic heterocycles. The predicted molar refractivity (Wildman–Crippen MR) is 110 cm³/mol. The minimum atomic E-state index is -1.19. The number of phenols is 1. The Labute approximate surface area is 176 Å². The molecule has 0 aromatic heterocycles. The highest BCUT2D eigenvalue weighted by atomic mass is 16.6. The number of rotatable bonds is 8. The second-order valence-electron chi connectivity index (χ2n) is 5.97. The number of hydrogen-bond donors (Lipinski definition) is 2. The Kier molecular flexibility index (Phi) is 9.09. The van der Waals surface area contributed by atoms with E-state index in [1.807, 2.05) is 25.1 Å². The van der Waals surface area contributed by atoms with Crippen LogP contribution in [-0.2, 0) is 6.42 Å². The van der Waals surface area contributed by atoms with Gasteiger partial charge < -0.3 is 20.3 Å². The number of ether oxygens (including phenoxy) is 2. The summed E-state index contributed by atoms with van der Waals surface area (Å²) in [7, 11) is 1.64. The summed E-state index contributed by atoms with van der Waals surface area (Å²) in [5.41, 5.74) is 3.32. The first-order valence-electron chi connectivity index (χ1n) is 8.88. The van der Waals surface area contributed by atoms with Gasteiger partial charge in [0.15, 0.2) is 11.5 Å². The molecule has 0 heterocycles. The molecule has 2 aromatic carbocycles. The van der Waals surface area contributed by atoms with Gasteiger partial charge in [0.25, 0.3) is 11.4 Å². The van der Waals surface area contributed by atoms with Crippen LogP contribution in [0.5, 0.6) is 17.2 Å². The molecular weight excluding hydrogens is 416 g/mol. The lowest BCUT2D eigenvalue weighted by molar-refractivity contribution is -0.405. The molecule has 0 aliphatic rings. The van der Waals surface area contributed by atoms with Crippen LogP contribution in [0, 0.1) is 37.3 Å². The molecule has 0 saturated carbocycles. The molecule has 0 bridgehead atoms. The third kappa shape index (κ3) is 6.24. The minimum Gasteiger partial charge on any atom is -0.497 e. The minimum absolute atomic E-state index is 0.442. The van der Waals surface area contributed by atoms with E-state index in [0.29, 0.717) is 19.2 Å². The Morgan fingerprint density at radius 3 is 2.06 bits per heavy atom. The first-order valence-corrected chi connectivity index (χ1v) is 8.88. The number of aromatic hydroxyl groups is 1. The molecule has 0 spiro atoms. The van der Waals surface area contributed by atoms with Crippen molar-refractivity contribution < 1.29 is 29.4 Å². The molecular formula is C18H22N4O9. The van der Waals surface area contributed by atoms with Crippen molar-refractivity contribution in [2.75, 3.05) is 20.3 Å². The van der Waals surface area contributed by atoms with E-state index in [0.717, 1.165) is 24.8 Å². The van der Waals surface area contributed by atoms with Gasteiger partial charge in [-0.15, -0.1) is 0 Å². The van der Waals surface area contributed by atoms with E-state index in [-0.39, 0.29) is 0 Å². The maximum absolute atomic E-state index is 10.6. The molecule has 31 heavy (non-hydrogen) atoms. The van der Waals surface area contributed by atoms with Crippen LogP contribution in [0.25, 0.3) is 0 Å². The Hall–Kier alpha value is -4.00. The quantitative estimate of drug-likeness (QED) is 0.456. The van der Waals surface area contributed by atoms with E-state index in [1.54, 1.807) is 7.11 Å². The van der Waals surface area contributed by atoms with Crippen molar-refractivity contribution in [3.05, 3.63) is 65.7 Å². The normalized spacial score (nSPS) is 9.94. The Bertz CT molecular complexity index is 941. The van der Waals surface area contributed by atoms with Gasteiger partial charge in [0, 0.05) is 0 Å². The molecule has 0 saturated heterocycles. The summed E-state index contributed by atoms with van der Waals surface area (Å²) in [4.78, 5) is 28.4. The summed E-state index contributed by atoms with van der Waals surface area (Å²) in [5.74, 6) is 0.372. The SMILES string of the molecule is CCOc1cc(CCN)ccc1OC.Cc1c([N+](=O)[O-])cc([N+](=O)[O-])c(O)c1[N+](=O)[O-]. The van der Waals surface area contributed by atoms with E-state index in [4.69, 9.17) is 15.2 Å². The van der Waals surface area contributed by atoms with Crippen molar-refractivity contribution >= 4 is 17.1 Å². The monoisotopic (exact) mass is 438 g/mol. The highest BCUT2D eigenvalue weighted by Gasteiger charge is 2.34. The number of nitrogens with zero attached hydrogens (tertiary/aromatic N) is 3. The van der Waals surface area contributed by atoms with Crippen molar-refractivity contribution in [2.45, 2.75) is 20.3 Å². The summed E-state index contributed by atoms with van der Waals surface area (Å²) >= 11 is 0. The van der Waals surface area contributed by atoms with Crippen LogP contribution >= 0.6 is 0 Å². The smallest absolute Gasteiger partial charge is 0.327 e. The van der Waals surface area contributed by atoms with Crippen molar-refractivity contribution in [3.63, 3.8) is 0 Å². The molecule has 3 N–H and O–H groups in total. The lowest BCUT2D eigenvalue weighted by Gasteiger charge is -2.10. The van der Waals surface area contributed by atoms with E-state index in [1.165, 1.54) is 5.56 Å². The van der Waals surface area contributed by atoms with Gasteiger partial charge in [-0.1, -0.05) is 6.07 Å². The van der Waals surface area contributed by atoms with Gasteiger partial charge >= 0.3 is 11.4 Å². The predicted octanol–water partition coefficient (Wildman–Crippen LogP) is 3.02. The zero-order chi connectivity index (χ0) is 23.7. The Morgan fingerprint density at radius 2 is 1.61 bits per heavy atom. The van der Waals surface area contributed by atoms with Crippen molar-refractivity contribution in [3.8, 4) is 17.2 Å². The van der Waals surface area contributed by atoms with Crippen LogP contribution in [0.1, 0.15) is 18.1 Å². The molecule has 2 rings (SSSR count). The van der Waals surface area contributed by atoms with Crippen molar-refractivity contribution in [1.29, 1.82) is 0 Å². The number of methoxy groups -OCH3 is 1. The molecule has 0 aliphatic carbocycles. The van der Waals surface area contributed by atoms with Crippen LogP contribution in [0.2, 0.25) is 0 Å². The Balaban J connectivity index is 0.000000316. The first kappa shape index (κ1) is 25.0. The molecule has 2 aromatic rings. The van der Waals surface area contributed by atoms with E-state index < -0.39 is 43.1 Å². The Morgan fingerprint density at radius 1 is 1.00 bits per heavy atom. The van der Waals surface area contributed by atoms with Gasteiger partial charge in [0.2, 0.25) is 0 Å². The maximum Gasteiger partial charge on any atom is 0.327 e. The summed E-state index contributed by atoms with van der Waals surface area (Å²) < 4.78 is 10.6. The van der Waals surface area contributed by atoms with Crippen molar-refractivity contribution in [1.82, 2.24) is 0 Å². The maximum atomic E-state index is 10.6. The van der Waals surface area contributed by atoms with Gasteiger partial charge in [-0.25, -0.2) is 0 Å². The second-order valence-corrected chi connectivity index (χ2v) is 5.97. The third-order valence-corrected chi connectivity index (χ3v) is 4.02. The fourth-order valence-corrected chi connectivity index (χ4v) is 2.59. The highest BCUT2D eigenvalue weighted by Crippen LogP contribution is 2.42. The average molecular weight is 438 g/mol. The first-order chi connectivity index (χ1) is 14.6. The van der Waals surface area contributed by atoms with Gasteiger partial charge in [0.05, 0.1) is 34.6 Å². The summed E-state index contributed by atoms with van der Waals surface area (Å²) in [6.45, 7) is 4.27. The zero-order valence-corrected chi connectivity index (χ0v) is 17.1. The summed E-state index contributed by atoms with van der Waals surface area (Å²) in [6, 6.07) is 6.39. The number of benzene rings is 2. The number of nitrogens with two attached hydrogens (primary N) is 1. The van der Waals surface area contributed by atoms with Gasteiger partial charge in [-0.05, 0) is 44.5 Å². The number of nitro benzene ring substituents is 3. The molecule has 13 nitrogen and oxygen atoms in total. The molecule has 0 unspecified atom stereocenters.